The van der Waals surface area contributed by atoms with E-state index in [1.165, 1.54) is 12.1 Å². The predicted octanol–water partition coefficient (Wildman–Crippen LogP) is 2.00. The molecule has 1 amide bonds. The average molecular weight is 369 g/mol. The number of hydrogen-bond donors (Lipinski definition) is 2. The molecule has 5 nitrogen and oxygen atoms in total. The first-order valence-electron chi connectivity index (χ1n) is 7.30. The van der Waals surface area contributed by atoms with Gasteiger partial charge in [0.1, 0.15) is 18.4 Å². The zero-order valence-electron chi connectivity index (χ0n) is 13.1. The monoisotopic (exact) mass is 368 g/mol. The van der Waals surface area contributed by atoms with Gasteiger partial charge in [-0.25, -0.2) is 0 Å². The van der Waals surface area contributed by atoms with Crippen LogP contribution in [0, 0.1) is 0 Å². The number of rotatable bonds is 5. The highest BCUT2D eigenvalue weighted by molar-refractivity contribution is 5.85. The van der Waals surface area contributed by atoms with E-state index in [1.54, 1.807) is 6.92 Å². The standard InChI is InChI=1S/C15H19F3N2O3.ClH/c1-10-13(19-5-7-22-10)14(21)20-6-8-23-12-4-2-3-11(9-12)15(16,17)18;/h2-4,9-10,13,19H,5-8H2,1H3,(H,20,21);1H/t10-,13+;/m1./s1. The molecule has 1 aliphatic heterocycles. The SMILES string of the molecule is C[C@H]1OCCN[C@@H]1C(=O)NCCOc1cccc(C(F)(F)F)c1.Cl. The zero-order valence-corrected chi connectivity index (χ0v) is 13.9. The number of nitrogens with one attached hydrogen (secondary N) is 2. The fourth-order valence-electron chi connectivity index (χ4n) is 2.24. The third-order valence-corrected chi connectivity index (χ3v) is 3.43. The lowest BCUT2D eigenvalue weighted by molar-refractivity contribution is -0.137. The van der Waals surface area contributed by atoms with Gasteiger partial charge in [0.25, 0.3) is 0 Å². The largest absolute Gasteiger partial charge is 0.492 e. The Morgan fingerprint density at radius 2 is 2.21 bits per heavy atom. The van der Waals surface area contributed by atoms with Crippen LogP contribution in [0.1, 0.15) is 12.5 Å². The summed E-state index contributed by atoms with van der Waals surface area (Å²) in [7, 11) is 0. The maximum absolute atomic E-state index is 12.6. The van der Waals surface area contributed by atoms with Crippen molar-refractivity contribution in [3.8, 4) is 5.75 Å². The molecule has 0 aromatic heterocycles. The Kier molecular flexibility index (Phi) is 7.78. The number of carbonyl (C=O) groups excluding carboxylic acids is 1. The molecule has 2 rings (SSSR count). The van der Waals surface area contributed by atoms with Gasteiger partial charge in [-0.1, -0.05) is 6.07 Å². The van der Waals surface area contributed by atoms with E-state index in [1.807, 2.05) is 0 Å². The van der Waals surface area contributed by atoms with Crippen LogP contribution in [0.15, 0.2) is 24.3 Å². The molecule has 136 valence electrons. The van der Waals surface area contributed by atoms with Crippen LogP contribution < -0.4 is 15.4 Å². The van der Waals surface area contributed by atoms with Crippen molar-refractivity contribution in [2.24, 2.45) is 0 Å². The lowest BCUT2D eigenvalue weighted by atomic mass is 10.1. The molecular formula is C15H20ClF3N2O3. The van der Waals surface area contributed by atoms with Crippen LogP contribution in [0.4, 0.5) is 13.2 Å². The second-order valence-electron chi connectivity index (χ2n) is 5.17. The van der Waals surface area contributed by atoms with E-state index in [-0.39, 0.29) is 43.3 Å². The number of ether oxygens (including phenoxy) is 2. The van der Waals surface area contributed by atoms with Crippen LogP contribution in [0.2, 0.25) is 0 Å². The second kappa shape index (κ2) is 9.10. The van der Waals surface area contributed by atoms with Crippen LogP contribution in [0.5, 0.6) is 5.75 Å². The summed E-state index contributed by atoms with van der Waals surface area (Å²) in [5.41, 5.74) is -0.767. The zero-order chi connectivity index (χ0) is 16.9. The number of amides is 1. The van der Waals surface area contributed by atoms with E-state index in [9.17, 15) is 18.0 Å². The van der Waals surface area contributed by atoms with Gasteiger partial charge in [-0.05, 0) is 25.1 Å². The summed E-state index contributed by atoms with van der Waals surface area (Å²) in [6.45, 7) is 3.23. The third kappa shape index (κ3) is 5.85. The summed E-state index contributed by atoms with van der Waals surface area (Å²) < 4.78 is 48.3. The van der Waals surface area contributed by atoms with Crippen molar-refractivity contribution in [1.29, 1.82) is 0 Å². The molecule has 0 unspecified atom stereocenters. The molecule has 0 radical (unpaired) electrons. The molecule has 0 bridgehead atoms. The topological polar surface area (TPSA) is 59.6 Å². The summed E-state index contributed by atoms with van der Waals surface area (Å²) in [6, 6.07) is 4.19. The van der Waals surface area contributed by atoms with Crippen LogP contribution >= 0.6 is 12.4 Å². The van der Waals surface area contributed by atoms with Gasteiger partial charge in [0.15, 0.2) is 0 Å². The normalized spacial score (nSPS) is 20.8. The molecule has 1 heterocycles. The highest BCUT2D eigenvalue weighted by Gasteiger charge is 2.30. The number of carbonyl (C=O) groups is 1. The Bertz CT molecular complexity index is 543. The van der Waals surface area contributed by atoms with Crippen molar-refractivity contribution < 1.29 is 27.4 Å². The maximum atomic E-state index is 12.6. The first kappa shape index (κ1) is 20.5. The number of morpholine rings is 1. The summed E-state index contributed by atoms with van der Waals surface area (Å²) in [5, 5.41) is 5.72. The Labute approximate surface area is 144 Å². The van der Waals surface area contributed by atoms with E-state index in [0.717, 1.165) is 12.1 Å². The van der Waals surface area contributed by atoms with E-state index in [4.69, 9.17) is 9.47 Å². The first-order valence-corrected chi connectivity index (χ1v) is 7.30. The quantitative estimate of drug-likeness (QED) is 0.780. The van der Waals surface area contributed by atoms with Crippen LogP contribution in [-0.4, -0.2) is 44.4 Å². The average Bonchev–Trinajstić information content (AvgIpc) is 2.51. The highest BCUT2D eigenvalue weighted by atomic mass is 35.5. The van der Waals surface area contributed by atoms with Crippen LogP contribution in [0.3, 0.4) is 0 Å². The maximum Gasteiger partial charge on any atom is 0.416 e. The van der Waals surface area contributed by atoms with Crippen molar-refractivity contribution in [2.45, 2.75) is 25.2 Å². The molecular weight excluding hydrogens is 349 g/mol. The molecule has 1 aromatic carbocycles. The first-order chi connectivity index (χ1) is 10.9. The van der Waals surface area contributed by atoms with Crippen molar-refractivity contribution in [3.63, 3.8) is 0 Å². The number of hydrogen-bond acceptors (Lipinski definition) is 4. The predicted molar refractivity (Wildman–Crippen MR) is 84.4 cm³/mol. The summed E-state index contributed by atoms with van der Waals surface area (Å²) in [6.07, 6.45) is -4.63. The molecule has 1 aliphatic rings. The Morgan fingerprint density at radius 3 is 2.88 bits per heavy atom. The third-order valence-electron chi connectivity index (χ3n) is 3.43. The smallest absolute Gasteiger partial charge is 0.416 e. The molecule has 24 heavy (non-hydrogen) atoms. The molecule has 2 atom stereocenters. The minimum Gasteiger partial charge on any atom is -0.492 e. The molecule has 1 fully saturated rings. The van der Waals surface area contributed by atoms with E-state index >= 15 is 0 Å². The molecule has 9 heteroatoms. The number of alkyl halides is 3. The molecule has 0 spiro atoms. The van der Waals surface area contributed by atoms with Gasteiger partial charge in [0.2, 0.25) is 5.91 Å². The number of benzene rings is 1. The number of halogens is 4. The van der Waals surface area contributed by atoms with Gasteiger partial charge in [0.05, 0.1) is 24.8 Å². The van der Waals surface area contributed by atoms with Crippen molar-refractivity contribution in [1.82, 2.24) is 10.6 Å². The minimum atomic E-state index is -4.41. The van der Waals surface area contributed by atoms with E-state index in [0.29, 0.717) is 13.2 Å². The van der Waals surface area contributed by atoms with Crippen molar-refractivity contribution >= 4 is 18.3 Å². The summed E-state index contributed by atoms with van der Waals surface area (Å²) >= 11 is 0. The molecule has 0 aliphatic carbocycles. The van der Waals surface area contributed by atoms with Crippen LogP contribution in [-0.2, 0) is 15.7 Å². The molecule has 0 saturated carbocycles. The van der Waals surface area contributed by atoms with E-state index < -0.39 is 17.8 Å². The van der Waals surface area contributed by atoms with Crippen LogP contribution in [0.25, 0.3) is 0 Å². The van der Waals surface area contributed by atoms with Gasteiger partial charge in [-0.3, -0.25) is 4.79 Å². The molecule has 1 aromatic rings. The highest BCUT2D eigenvalue weighted by Crippen LogP contribution is 2.31. The van der Waals surface area contributed by atoms with Crippen molar-refractivity contribution in [3.05, 3.63) is 29.8 Å². The van der Waals surface area contributed by atoms with Gasteiger partial charge in [-0.15, -0.1) is 12.4 Å². The second-order valence-corrected chi connectivity index (χ2v) is 5.17. The fraction of sp³-hybridized carbons (Fsp3) is 0.533. The van der Waals surface area contributed by atoms with Gasteiger partial charge >= 0.3 is 6.18 Å². The Morgan fingerprint density at radius 1 is 1.46 bits per heavy atom. The Hall–Kier alpha value is -1.51. The fourth-order valence-corrected chi connectivity index (χ4v) is 2.24. The minimum absolute atomic E-state index is 0. The molecule has 1 saturated heterocycles. The summed E-state index contributed by atoms with van der Waals surface area (Å²) in [4.78, 5) is 11.9. The van der Waals surface area contributed by atoms with Gasteiger partial charge in [0, 0.05) is 6.54 Å². The van der Waals surface area contributed by atoms with Gasteiger partial charge < -0.3 is 20.1 Å². The van der Waals surface area contributed by atoms with Crippen molar-refractivity contribution in [2.75, 3.05) is 26.3 Å². The van der Waals surface area contributed by atoms with Gasteiger partial charge in [-0.2, -0.15) is 13.2 Å². The Balaban J connectivity index is 0.00000288. The molecule has 2 N–H and O–H groups in total. The lowest BCUT2D eigenvalue weighted by Crippen LogP contribution is -2.55. The summed E-state index contributed by atoms with van der Waals surface area (Å²) in [5.74, 6) is -0.105. The van der Waals surface area contributed by atoms with E-state index in [2.05, 4.69) is 10.6 Å². The lowest BCUT2D eigenvalue weighted by Gasteiger charge is -2.29.